The van der Waals surface area contributed by atoms with E-state index in [2.05, 4.69) is 13.8 Å². The molecule has 0 radical (unpaired) electrons. The van der Waals surface area contributed by atoms with Crippen LogP contribution in [0.5, 0.6) is 0 Å². The van der Waals surface area contributed by atoms with Gasteiger partial charge in [-0.3, -0.25) is 0 Å². The normalized spacial score (nSPS) is 30.6. The Morgan fingerprint density at radius 1 is 1.36 bits per heavy atom. The van der Waals surface area contributed by atoms with E-state index in [1.54, 1.807) is 0 Å². The Morgan fingerprint density at radius 3 is 2.57 bits per heavy atom. The van der Waals surface area contributed by atoms with Crippen LogP contribution in [0.15, 0.2) is 0 Å². The average molecular weight is 202 g/mol. The summed E-state index contributed by atoms with van der Waals surface area (Å²) in [6.07, 6.45) is 3.54. The number of hydrogen-bond acceptors (Lipinski definition) is 3. The van der Waals surface area contributed by atoms with E-state index in [0.29, 0.717) is 25.7 Å². The lowest BCUT2D eigenvalue weighted by atomic mass is 10.1. The molecule has 0 aromatic carbocycles. The van der Waals surface area contributed by atoms with Gasteiger partial charge in [0, 0.05) is 0 Å². The molecule has 14 heavy (non-hydrogen) atoms. The van der Waals surface area contributed by atoms with Crippen LogP contribution in [-0.2, 0) is 9.47 Å². The molecule has 1 fully saturated rings. The Kier molecular flexibility index (Phi) is 4.85. The minimum Gasteiger partial charge on any atom is -0.394 e. The molecule has 3 heteroatoms. The van der Waals surface area contributed by atoms with Crippen molar-refractivity contribution in [2.24, 2.45) is 5.92 Å². The number of ether oxygens (including phenoxy) is 2. The monoisotopic (exact) mass is 202 g/mol. The predicted octanol–water partition coefficient (Wildman–Crippen LogP) is 1.59. The average Bonchev–Trinajstić information content (AvgIpc) is 2.77. The number of hydrogen-bond donors (Lipinski definition) is 1. The fourth-order valence-electron chi connectivity index (χ4n) is 1.97. The topological polar surface area (TPSA) is 38.7 Å². The molecule has 3 nitrogen and oxygen atoms in total. The van der Waals surface area contributed by atoms with Crippen molar-refractivity contribution in [3.8, 4) is 0 Å². The van der Waals surface area contributed by atoms with Crippen LogP contribution in [0.1, 0.15) is 33.1 Å². The standard InChI is InChI=1S/C11H22O3/c1-3-4-11(9-10(11)2)14-8-7-13-6-5-12/h10,12H,3-9H2,1-2H3. The predicted molar refractivity (Wildman–Crippen MR) is 55.3 cm³/mol. The number of aliphatic hydroxyl groups excluding tert-OH is 1. The molecule has 1 N–H and O–H groups in total. The van der Waals surface area contributed by atoms with E-state index < -0.39 is 0 Å². The van der Waals surface area contributed by atoms with Gasteiger partial charge < -0.3 is 14.6 Å². The molecule has 0 saturated heterocycles. The second kappa shape index (κ2) is 5.69. The Balaban J connectivity index is 2.04. The smallest absolute Gasteiger partial charge is 0.0713 e. The van der Waals surface area contributed by atoms with E-state index in [9.17, 15) is 0 Å². The van der Waals surface area contributed by atoms with Gasteiger partial charge in [0.05, 0.1) is 32.0 Å². The second-order valence-corrected chi connectivity index (χ2v) is 4.10. The first-order valence-corrected chi connectivity index (χ1v) is 5.57. The van der Waals surface area contributed by atoms with E-state index in [0.717, 1.165) is 6.42 Å². The van der Waals surface area contributed by atoms with Crippen LogP contribution in [0.25, 0.3) is 0 Å². The molecule has 1 saturated carbocycles. The summed E-state index contributed by atoms with van der Waals surface area (Å²) in [5.74, 6) is 0.709. The van der Waals surface area contributed by atoms with Gasteiger partial charge >= 0.3 is 0 Å². The fourth-order valence-corrected chi connectivity index (χ4v) is 1.97. The summed E-state index contributed by atoms with van der Waals surface area (Å²) in [7, 11) is 0. The van der Waals surface area contributed by atoms with Crippen LogP contribution in [-0.4, -0.2) is 37.1 Å². The highest BCUT2D eigenvalue weighted by Gasteiger charge is 2.51. The van der Waals surface area contributed by atoms with Gasteiger partial charge in [-0.2, -0.15) is 0 Å². The molecule has 84 valence electrons. The lowest BCUT2D eigenvalue weighted by Gasteiger charge is -2.16. The maximum Gasteiger partial charge on any atom is 0.0713 e. The summed E-state index contributed by atoms with van der Waals surface area (Å²) in [5, 5.41) is 8.50. The van der Waals surface area contributed by atoms with Crippen molar-refractivity contribution in [1.82, 2.24) is 0 Å². The van der Waals surface area contributed by atoms with Gasteiger partial charge in [0.2, 0.25) is 0 Å². The highest BCUT2D eigenvalue weighted by atomic mass is 16.5. The maximum absolute atomic E-state index is 8.50. The second-order valence-electron chi connectivity index (χ2n) is 4.10. The third-order valence-electron chi connectivity index (χ3n) is 2.92. The molecule has 0 spiro atoms. The Labute approximate surface area is 86.4 Å². The summed E-state index contributed by atoms with van der Waals surface area (Å²) in [5.41, 5.74) is 0.164. The van der Waals surface area contributed by atoms with Crippen molar-refractivity contribution >= 4 is 0 Å². The minimum absolute atomic E-state index is 0.0938. The van der Waals surface area contributed by atoms with Crippen LogP contribution in [0.2, 0.25) is 0 Å². The largest absolute Gasteiger partial charge is 0.394 e. The highest BCUT2D eigenvalue weighted by molar-refractivity contribution is 5.02. The first-order chi connectivity index (χ1) is 6.75. The Morgan fingerprint density at radius 2 is 2.07 bits per heavy atom. The van der Waals surface area contributed by atoms with Gasteiger partial charge in [0.15, 0.2) is 0 Å². The zero-order valence-corrected chi connectivity index (χ0v) is 9.29. The lowest BCUT2D eigenvalue weighted by molar-refractivity contribution is -0.0253. The van der Waals surface area contributed by atoms with Crippen molar-refractivity contribution in [2.75, 3.05) is 26.4 Å². The molecule has 2 atom stereocenters. The molecule has 0 aromatic heterocycles. The van der Waals surface area contributed by atoms with Gasteiger partial charge in [-0.05, 0) is 18.8 Å². The van der Waals surface area contributed by atoms with E-state index in [1.165, 1.54) is 12.8 Å². The SMILES string of the molecule is CCCC1(OCCOCCO)CC1C. The molecule has 0 aromatic rings. The number of aliphatic hydroxyl groups is 1. The lowest BCUT2D eigenvalue weighted by Crippen LogP contribution is -2.20. The molecule has 1 rings (SSSR count). The van der Waals surface area contributed by atoms with Crippen LogP contribution < -0.4 is 0 Å². The quantitative estimate of drug-likeness (QED) is 0.607. The highest BCUT2D eigenvalue weighted by Crippen LogP contribution is 2.49. The molecule has 1 aliphatic rings. The third-order valence-corrected chi connectivity index (χ3v) is 2.92. The Bertz CT molecular complexity index is 161. The molecule has 1 aliphatic carbocycles. The van der Waals surface area contributed by atoms with Crippen molar-refractivity contribution < 1.29 is 14.6 Å². The summed E-state index contributed by atoms with van der Waals surface area (Å²) in [4.78, 5) is 0. The van der Waals surface area contributed by atoms with Crippen LogP contribution in [0.3, 0.4) is 0 Å². The summed E-state index contributed by atoms with van der Waals surface area (Å²) >= 11 is 0. The molecule has 0 aliphatic heterocycles. The summed E-state index contributed by atoms with van der Waals surface area (Å²) < 4.78 is 11.0. The Hall–Kier alpha value is -0.120. The van der Waals surface area contributed by atoms with Gasteiger partial charge in [-0.25, -0.2) is 0 Å². The summed E-state index contributed by atoms with van der Waals surface area (Å²) in [6, 6.07) is 0. The van der Waals surface area contributed by atoms with E-state index in [-0.39, 0.29) is 12.2 Å². The van der Waals surface area contributed by atoms with E-state index >= 15 is 0 Å². The van der Waals surface area contributed by atoms with Crippen LogP contribution in [0.4, 0.5) is 0 Å². The van der Waals surface area contributed by atoms with Crippen molar-refractivity contribution in [3.63, 3.8) is 0 Å². The van der Waals surface area contributed by atoms with Gasteiger partial charge in [-0.1, -0.05) is 20.3 Å². The van der Waals surface area contributed by atoms with Crippen molar-refractivity contribution in [2.45, 2.75) is 38.7 Å². The van der Waals surface area contributed by atoms with Crippen LogP contribution >= 0.6 is 0 Å². The summed E-state index contributed by atoms with van der Waals surface area (Å²) in [6.45, 7) is 6.20. The third kappa shape index (κ3) is 3.23. The van der Waals surface area contributed by atoms with E-state index in [1.807, 2.05) is 0 Å². The molecule has 0 heterocycles. The molecule has 2 unspecified atom stereocenters. The van der Waals surface area contributed by atoms with Crippen molar-refractivity contribution in [3.05, 3.63) is 0 Å². The van der Waals surface area contributed by atoms with Gasteiger partial charge in [-0.15, -0.1) is 0 Å². The van der Waals surface area contributed by atoms with Gasteiger partial charge in [0.1, 0.15) is 0 Å². The fraction of sp³-hybridized carbons (Fsp3) is 1.00. The zero-order chi connectivity index (χ0) is 10.4. The molecular formula is C11H22O3. The maximum atomic E-state index is 8.50. The van der Waals surface area contributed by atoms with Crippen LogP contribution in [0, 0.1) is 5.92 Å². The molecule has 0 bridgehead atoms. The van der Waals surface area contributed by atoms with Crippen molar-refractivity contribution in [1.29, 1.82) is 0 Å². The molecular weight excluding hydrogens is 180 g/mol. The zero-order valence-electron chi connectivity index (χ0n) is 9.29. The van der Waals surface area contributed by atoms with E-state index in [4.69, 9.17) is 14.6 Å². The van der Waals surface area contributed by atoms with Gasteiger partial charge in [0.25, 0.3) is 0 Å². The first-order valence-electron chi connectivity index (χ1n) is 5.57. The number of rotatable bonds is 8. The minimum atomic E-state index is 0.0938. The molecule has 0 amide bonds. The first kappa shape index (κ1) is 12.0.